The zero-order valence-electron chi connectivity index (χ0n) is 9.99. The second-order valence-electron chi connectivity index (χ2n) is 4.81. The van der Waals surface area contributed by atoms with Crippen molar-refractivity contribution in [2.45, 2.75) is 25.9 Å². The van der Waals surface area contributed by atoms with E-state index in [1.807, 2.05) is 11.8 Å². The van der Waals surface area contributed by atoms with Crippen LogP contribution in [0.25, 0.3) is 0 Å². The third-order valence-corrected chi connectivity index (χ3v) is 3.78. The van der Waals surface area contributed by atoms with Gasteiger partial charge in [-0.1, -0.05) is 0 Å². The van der Waals surface area contributed by atoms with E-state index in [-0.39, 0.29) is 24.4 Å². The van der Waals surface area contributed by atoms with Crippen molar-refractivity contribution in [1.82, 2.24) is 10.2 Å². The van der Waals surface area contributed by atoms with Crippen LogP contribution in [0.1, 0.15) is 19.8 Å². The highest BCUT2D eigenvalue weighted by molar-refractivity contribution is 5.85. The highest BCUT2D eigenvalue weighted by atomic mass is 35.5. The molecule has 0 aromatic carbocycles. The molecule has 94 valence electrons. The molecule has 2 saturated heterocycles. The lowest BCUT2D eigenvalue weighted by atomic mass is 9.86. The average Bonchev–Trinajstić information content (AvgIpc) is 2.88. The summed E-state index contributed by atoms with van der Waals surface area (Å²) in [7, 11) is 1.59. The lowest BCUT2D eigenvalue weighted by Crippen LogP contribution is -2.39. The SMILES string of the molecule is COC(C)C(=O)N1CCC2(CCNC2)C1.Cl. The first kappa shape index (κ1) is 13.7. The number of halogens is 1. The standard InChI is InChI=1S/C11H20N2O2.ClH/c1-9(15-2)10(14)13-6-4-11(8-13)3-5-12-7-11;/h9,12H,3-8H2,1-2H3;1H. The van der Waals surface area contributed by atoms with Crippen molar-refractivity contribution in [2.24, 2.45) is 5.41 Å². The molecular formula is C11H21ClN2O2. The van der Waals surface area contributed by atoms with E-state index in [1.54, 1.807) is 7.11 Å². The quantitative estimate of drug-likeness (QED) is 0.781. The number of likely N-dealkylation sites (tertiary alicyclic amines) is 1. The fourth-order valence-corrected chi connectivity index (χ4v) is 2.63. The summed E-state index contributed by atoms with van der Waals surface area (Å²) in [6, 6.07) is 0. The Balaban J connectivity index is 0.00000128. The molecular weight excluding hydrogens is 228 g/mol. The molecule has 2 atom stereocenters. The van der Waals surface area contributed by atoms with E-state index in [0.717, 1.165) is 32.6 Å². The monoisotopic (exact) mass is 248 g/mol. The molecule has 2 heterocycles. The van der Waals surface area contributed by atoms with Crippen molar-refractivity contribution in [2.75, 3.05) is 33.3 Å². The molecule has 2 unspecified atom stereocenters. The number of amides is 1. The van der Waals surface area contributed by atoms with Crippen LogP contribution in [0.2, 0.25) is 0 Å². The number of rotatable bonds is 2. The second-order valence-corrected chi connectivity index (χ2v) is 4.81. The minimum atomic E-state index is -0.297. The smallest absolute Gasteiger partial charge is 0.251 e. The fourth-order valence-electron chi connectivity index (χ4n) is 2.63. The summed E-state index contributed by atoms with van der Waals surface area (Å²) in [4.78, 5) is 13.9. The highest BCUT2D eigenvalue weighted by Gasteiger charge is 2.42. The Bertz CT molecular complexity index is 254. The van der Waals surface area contributed by atoms with Gasteiger partial charge in [-0.3, -0.25) is 4.79 Å². The molecule has 0 aliphatic carbocycles. The summed E-state index contributed by atoms with van der Waals surface area (Å²) in [5.41, 5.74) is 0.364. The zero-order valence-corrected chi connectivity index (χ0v) is 10.8. The number of carbonyl (C=O) groups is 1. The van der Waals surface area contributed by atoms with Gasteiger partial charge in [-0.15, -0.1) is 12.4 Å². The Hall–Kier alpha value is -0.320. The van der Waals surface area contributed by atoms with E-state index < -0.39 is 0 Å². The second kappa shape index (κ2) is 5.34. The summed E-state index contributed by atoms with van der Waals surface area (Å²) in [5, 5.41) is 3.39. The number of methoxy groups -OCH3 is 1. The van der Waals surface area contributed by atoms with Gasteiger partial charge in [0.25, 0.3) is 5.91 Å². The van der Waals surface area contributed by atoms with Crippen LogP contribution in [0.5, 0.6) is 0 Å². The van der Waals surface area contributed by atoms with E-state index in [0.29, 0.717) is 5.41 Å². The van der Waals surface area contributed by atoms with Crippen LogP contribution >= 0.6 is 12.4 Å². The van der Waals surface area contributed by atoms with E-state index in [1.165, 1.54) is 6.42 Å². The molecule has 4 nitrogen and oxygen atoms in total. The number of nitrogens with zero attached hydrogens (tertiary/aromatic N) is 1. The lowest BCUT2D eigenvalue weighted by Gasteiger charge is -2.24. The number of hydrogen-bond donors (Lipinski definition) is 1. The molecule has 0 radical (unpaired) electrons. The molecule has 1 spiro atoms. The predicted molar refractivity (Wildman–Crippen MR) is 64.8 cm³/mol. The lowest BCUT2D eigenvalue weighted by molar-refractivity contribution is -0.140. The first-order valence-corrected chi connectivity index (χ1v) is 5.69. The van der Waals surface area contributed by atoms with E-state index in [4.69, 9.17) is 4.74 Å². The van der Waals surface area contributed by atoms with Crippen LogP contribution in [0.3, 0.4) is 0 Å². The average molecular weight is 249 g/mol. The number of nitrogens with one attached hydrogen (secondary N) is 1. The summed E-state index contributed by atoms with van der Waals surface area (Å²) in [5.74, 6) is 0.140. The molecule has 2 fully saturated rings. The van der Waals surface area contributed by atoms with Crippen LogP contribution in [0.4, 0.5) is 0 Å². The molecule has 2 rings (SSSR count). The Morgan fingerprint density at radius 1 is 1.50 bits per heavy atom. The third-order valence-electron chi connectivity index (χ3n) is 3.78. The third kappa shape index (κ3) is 2.50. The van der Waals surface area contributed by atoms with E-state index in [2.05, 4.69) is 5.32 Å². The summed E-state index contributed by atoms with van der Waals surface area (Å²) >= 11 is 0. The number of carbonyl (C=O) groups excluding carboxylic acids is 1. The van der Waals surface area contributed by atoms with Gasteiger partial charge in [0.2, 0.25) is 0 Å². The Kier molecular flexibility index (Phi) is 4.59. The Morgan fingerprint density at radius 3 is 2.81 bits per heavy atom. The van der Waals surface area contributed by atoms with Gasteiger partial charge in [-0.2, -0.15) is 0 Å². The van der Waals surface area contributed by atoms with Crippen LogP contribution in [0, 0.1) is 5.41 Å². The zero-order chi connectivity index (χ0) is 10.9. The van der Waals surface area contributed by atoms with Gasteiger partial charge in [0.1, 0.15) is 6.10 Å². The molecule has 5 heteroatoms. The van der Waals surface area contributed by atoms with Gasteiger partial charge >= 0.3 is 0 Å². The molecule has 16 heavy (non-hydrogen) atoms. The van der Waals surface area contributed by atoms with Crippen LogP contribution in [-0.2, 0) is 9.53 Å². The minimum Gasteiger partial charge on any atom is -0.372 e. The first-order valence-electron chi connectivity index (χ1n) is 5.69. The molecule has 0 aromatic rings. The van der Waals surface area contributed by atoms with Crippen molar-refractivity contribution in [3.63, 3.8) is 0 Å². The predicted octanol–water partition coefficient (Wildman–Crippen LogP) is 0.655. The number of ether oxygens (including phenoxy) is 1. The summed E-state index contributed by atoms with van der Waals surface area (Å²) in [6.07, 6.45) is 2.05. The van der Waals surface area contributed by atoms with Crippen LogP contribution < -0.4 is 5.32 Å². The molecule has 2 aliphatic rings. The number of hydrogen-bond acceptors (Lipinski definition) is 3. The van der Waals surface area contributed by atoms with Crippen molar-refractivity contribution >= 4 is 18.3 Å². The van der Waals surface area contributed by atoms with Gasteiger partial charge in [-0.05, 0) is 26.3 Å². The summed E-state index contributed by atoms with van der Waals surface area (Å²) < 4.78 is 5.07. The molecule has 1 N–H and O–H groups in total. The van der Waals surface area contributed by atoms with Crippen LogP contribution in [0.15, 0.2) is 0 Å². The maximum atomic E-state index is 11.9. The molecule has 0 saturated carbocycles. The normalized spacial score (nSPS) is 30.5. The molecule has 2 aliphatic heterocycles. The maximum absolute atomic E-state index is 11.9. The van der Waals surface area contributed by atoms with Crippen molar-refractivity contribution in [3.05, 3.63) is 0 Å². The van der Waals surface area contributed by atoms with Crippen molar-refractivity contribution in [1.29, 1.82) is 0 Å². The maximum Gasteiger partial charge on any atom is 0.251 e. The van der Waals surface area contributed by atoms with Crippen molar-refractivity contribution in [3.8, 4) is 0 Å². The molecule has 0 aromatic heterocycles. The van der Waals surface area contributed by atoms with Gasteiger partial charge in [0, 0.05) is 32.2 Å². The molecule has 0 bridgehead atoms. The first-order chi connectivity index (χ1) is 7.17. The fraction of sp³-hybridized carbons (Fsp3) is 0.909. The van der Waals surface area contributed by atoms with Crippen molar-refractivity contribution < 1.29 is 9.53 Å². The van der Waals surface area contributed by atoms with Gasteiger partial charge in [-0.25, -0.2) is 0 Å². The Morgan fingerprint density at radius 2 is 2.25 bits per heavy atom. The van der Waals surface area contributed by atoms with E-state index >= 15 is 0 Å². The Labute approximate surface area is 103 Å². The summed E-state index contributed by atoms with van der Waals surface area (Å²) in [6.45, 7) is 5.79. The van der Waals surface area contributed by atoms with Gasteiger partial charge < -0.3 is 15.0 Å². The van der Waals surface area contributed by atoms with Gasteiger partial charge in [0.05, 0.1) is 0 Å². The molecule has 1 amide bonds. The minimum absolute atomic E-state index is 0. The largest absolute Gasteiger partial charge is 0.372 e. The van der Waals surface area contributed by atoms with E-state index in [9.17, 15) is 4.79 Å². The highest BCUT2D eigenvalue weighted by Crippen LogP contribution is 2.36. The topological polar surface area (TPSA) is 41.6 Å². The van der Waals surface area contributed by atoms with Crippen LogP contribution in [-0.4, -0.2) is 50.2 Å². The van der Waals surface area contributed by atoms with Gasteiger partial charge in [0.15, 0.2) is 0 Å².